The van der Waals surface area contributed by atoms with E-state index in [2.05, 4.69) is 24.1 Å². The molecule has 4 heteroatoms. The minimum Gasteiger partial charge on any atom is -0.353 e. The average Bonchev–Trinajstić information content (AvgIpc) is 2.88. The smallest absolute Gasteiger partial charge is 0.222 e. The van der Waals surface area contributed by atoms with E-state index in [1.165, 1.54) is 25.7 Å². The highest BCUT2D eigenvalue weighted by Crippen LogP contribution is 2.64. The summed E-state index contributed by atoms with van der Waals surface area (Å²) >= 11 is 0. The fraction of sp³-hybridized carbons (Fsp3) is 0.905. The third-order valence-electron chi connectivity index (χ3n) is 8.93. The third kappa shape index (κ3) is 2.39. The number of hydrogen-bond acceptors (Lipinski definition) is 2. The Morgan fingerprint density at radius 3 is 2.48 bits per heavy atom. The molecule has 4 aliphatic rings. The van der Waals surface area contributed by atoms with Gasteiger partial charge in [-0.1, -0.05) is 13.8 Å². The lowest BCUT2D eigenvalue weighted by molar-refractivity contribution is -0.157. The lowest BCUT2D eigenvalue weighted by Gasteiger charge is -2.61. The van der Waals surface area contributed by atoms with E-state index in [0.717, 1.165) is 43.4 Å². The Labute approximate surface area is 152 Å². The van der Waals surface area contributed by atoms with Crippen LogP contribution in [0.3, 0.4) is 0 Å². The molecule has 0 aromatic carbocycles. The molecule has 1 saturated heterocycles. The maximum atomic E-state index is 12.2. The second kappa shape index (κ2) is 5.72. The van der Waals surface area contributed by atoms with Crippen LogP contribution in [0.4, 0.5) is 0 Å². The zero-order valence-corrected chi connectivity index (χ0v) is 16.3. The van der Waals surface area contributed by atoms with Crippen molar-refractivity contribution in [2.75, 3.05) is 7.05 Å². The first-order chi connectivity index (χ1) is 11.8. The first-order valence-corrected chi connectivity index (χ1v) is 10.3. The molecule has 0 radical (unpaired) electrons. The maximum Gasteiger partial charge on any atom is 0.222 e. The molecule has 4 fully saturated rings. The van der Waals surface area contributed by atoms with Gasteiger partial charge in [-0.05, 0) is 73.5 Å². The summed E-state index contributed by atoms with van der Waals surface area (Å²) in [5.74, 6) is 2.73. The van der Waals surface area contributed by atoms with Gasteiger partial charge in [0.15, 0.2) is 0 Å². The first kappa shape index (κ1) is 17.4. The highest BCUT2D eigenvalue weighted by Gasteiger charge is 2.61. The van der Waals surface area contributed by atoms with Crippen LogP contribution in [-0.4, -0.2) is 35.8 Å². The van der Waals surface area contributed by atoms with Crippen molar-refractivity contribution < 1.29 is 9.59 Å². The molecule has 0 aromatic rings. The summed E-state index contributed by atoms with van der Waals surface area (Å²) < 4.78 is 0. The number of piperidine rings is 1. The lowest BCUT2D eigenvalue weighted by atomic mass is 9.47. The number of nitrogens with one attached hydrogen (secondary N) is 1. The number of hydrogen-bond donors (Lipinski definition) is 1. The van der Waals surface area contributed by atoms with E-state index >= 15 is 0 Å². The van der Waals surface area contributed by atoms with E-state index in [1.807, 2.05) is 7.05 Å². The molecule has 25 heavy (non-hydrogen) atoms. The Morgan fingerprint density at radius 2 is 1.76 bits per heavy atom. The molecule has 0 spiro atoms. The molecule has 0 aromatic heterocycles. The van der Waals surface area contributed by atoms with Gasteiger partial charge in [0.1, 0.15) is 0 Å². The van der Waals surface area contributed by atoms with Crippen LogP contribution in [-0.2, 0) is 9.59 Å². The van der Waals surface area contributed by atoms with Crippen molar-refractivity contribution in [3.05, 3.63) is 0 Å². The average molecular weight is 347 g/mol. The molecule has 2 amide bonds. The predicted molar refractivity (Wildman–Crippen MR) is 97.8 cm³/mol. The van der Waals surface area contributed by atoms with Gasteiger partial charge in [-0.25, -0.2) is 0 Å². The quantitative estimate of drug-likeness (QED) is 0.791. The molecule has 4 nitrogen and oxygen atoms in total. The van der Waals surface area contributed by atoms with Crippen molar-refractivity contribution in [1.82, 2.24) is 10.2 Å². The molecule has 140 valence electrons. The Balaban J connectivity index is 1.60. The molecular formula is C21H34N2O2. The van der Waals surface area contributed by atoms with Crippen LogP contribution < -0.4 is 5.32 Å². The van der Waals surface area contributed by atoms with E-state index < -0.39 is 0 Å². The van der Waals surface area contributed by atoms with Crippen molar-refractivity contribution in [2.45, 2.75) is 84.2 Å². The molecule has 4 rings (SSSR count). The van der Waals surface area contributed by atoms with Gasteiger partial charge in [-0.2, -0.15) is 0 Å². The molecule has 6 unspecified atom stereocenters. The monoisotopic (exact) mass is 346 g/mol. The predicted octanol–water partition coefficient (Wildman–Crippen LogP) is 3.35. The fourth-order valence-corrected chi connectivity index (χ4v) is 7.63. The van der Waals surface area contributed by atoms with Gasteiger partial charge in [0.05, 0.1) is 0 Å². The van der Waals surface area contributed by atoms with Crippen LogP contribution in [0, 0.1) is 28.6 Å². The van der Waals surface area contributed by atoms with Gasteiger partial charge in [0, 0.05) is 32.5 Å². The number of amides is 2. The summed E-state index contributed by atoms with van der Waals surface area (Å²) in [4.78, 5) is 25.9. The van der Waals surface area contributed by atoms with Crippen molar-refractivity contribution in [3.8, 4) is 0 Å². The summed E-state index contributed by atoms with van der Waals surface area (Å²) in [6.45, 7) is 6.57. The third-order valence-corrected chi connectivity index (χ3v) is 8.93. The van der Waals surface area contributed by atoms with E-state index in [-0.39, 0.29) is 11.3 Å². The molecule has 1 N–H and O–H groups in total. The second-order valence-electron chi connectivity index (χ2n) is 9.86. The summed E-state index contributed by atoms with van der Waals surface area (Å²) in [5, 5.41) is 3.26. The SMILES string of the molecule is CC(=O)NC1CCC2C3CC[C@H]4N(C)C(=O)CCC4(C)C3CCC12C. The van der Waals surface area contributed by atoms with Gasteiger partial charge in [-0.3, -0.25) is 9.59 Å². The van der Waals surface area contributed by atoms with Crippen molar-refractivity contribution in [3.63, 3.8) is 0 Å². The number of fused-ring (bicyclic) bond motifs is 5. The van der Waals surface area contributed by atoms with Crippen molar-refractivity contribution in [1.29, 1.82) is 0 Å². The van der Waals surface area contributed by atoms with Crippen LogP contribution >= 0.6 is 0 Å². The number of rotatable bonds is 1. The topological polar surface area (TPSA) is 49.4 Å². The van der Waals surface area contributed by atoms with Gasteiger partial charge >= 0.3 is 0 Å². The van der Waals surface area contributed by atoms with Gasteiger partial charge < -0.3 is 10.2 Å². The number of likely N-dealkylation sites (tertiary alicyclic amines) is 1. The van der Waals surface area contributed by atoms with Crippen LogP contribution in [0.5, 0.6) is 0 Å². The molecule has 0 bridgehead atoms. The maximum absolute atomic E-state index is 12.2. The highest BCUT2D eigenvalue weighted by molar-refractivity contribution is 5.77. The van der Waals surface area contributed by atoms with Crippen LogP contribution in [0.2, 0.25) is 0 Å². The van der Waals surface area contributed by atoms with E-state index in [4.69, 9.17) is 0 Å². The Kier molecular flexibility index (Phi) is 3.97. The zero-order chi connectivity index (χ0) is 18.0. The Bertz CT molecular complexity index is 590. The van der Waals surface area contributed by atoms with Gasteiger partial charge in [0.25, 0.3) is 0 Å². The second-order valence-corrected chi connectivity index (χ2v) is 9.86. The standard InChI is InChI=1S/C21H34N2O2/c1-13(24)22-17-7-6-15-14-5-8-18-21(3,12-10-19(25)23(18)4)16(14)9-11-20(15,17)2/h14-18H,5-12H2,1-4H3,(H,22,24)/t14?,15?,16?,17?,18-,20?,21?/m1/s1. The van der Waals surface area contributed by atoms with E-state index in [9.17, 15) is 9.59 Å². The molecular weight excluding hydrogens is 312 g/mol. The fourth-order valence-electron chi connectivity index (χ4n) is 7.63. The molecule has 1 aliphatic heterocycles. The van der Waals surface area contributed by atoms with Crippen LogP contribution in [0.25, 0.3) is 0 Å². The first-order valence-electron chi connectivity index (χ1n) is 10.3. The summed E-state index contributed by atoms with van der Waals surface area (Å²) in [6.07, 6.45) is 9.11. The zero-order valence-electron chi connectivity index (χ0n) is 16.3. The summed E-state index contributed by atoms with van der Waals surface area (Å²) in [5.41, 5.74) is 0.561. The molecule has 3 aliphatic carbocycles. The van der Waals surface area contributed by atoms with Crippen LogP contribution in [0.1, 0.15) is 72.1 Å². The van der Waals surface area contributed by atoms with Gasteiger partial charge in [-0.15, -0.1) is 0 Å². The molecule has 1 heterocycles. The van der Waals surface area contributed by atoms with Crippen molar-refractivity contribution >= 4 is 11.8 Å². The largest absolute Gasteiger partial charge is 0.353 e. The Morgan fingerprint density at radius 1 is 1.04 bits per heavy atom. The number of nitrogens with zero attached hydrogens (tertiary/aromatic N) is 1. The van der Waals surface area contributed by atoms with E-state index in [0.29, 0.717) is 23.4 Å². The minimum absolute atomic E-state index is 0.122. The van der Waals surface area contributed by atoms with E-state index in [1.54, 1.807) is 6.92 Å². The summed E-state index contributed by atoms with van der Waals surface area (Å²) in [7, 11) is 2.03. The number of carbonyl (C=O) groups is 2. The molecule has 7 atom stereocenters. The number of carbonyl (C=O) groups excluding carboxylic acids is 2. The highest BCUT2D eigenvalue weighted by atomic mass is 16.2. The normalized spacial score (nSPS) is 49.2. The molecule has 3 saturated carbocycles. The minimum atomic E-state index is 0.122. The lowest BCUT2D eigenvalue weighted by Crippen LogP contribution is -2.62. The Hall–Kier alpha value is -1.06. The van der Waals surface area contributed by atoms with Crippen molar-refractivity contribution in [2.24, 2.45) is 28.6 Å². The van der Waals surface area contributed by atoms with Gasteiger partial charge in [0.2, 0.25) is 11.8 Å². The van der Waals surface area contributed by atoms with Crippen LogP contribution in [0.15, 0.2) is 0 Å². The summed E-state index contributed by atoms with van der Waals surface area (Å²) in [6, 6.07) is 0.795.